The number of carbonyl (C=O) groups is 1. The minimum Gasteiger partial charge on any atom is -0.348 e. The van der Waals surface area contributed by atoms with E-state index >= 15 is 0 Å². The van der Waals surface area contributed by atoms with Crippen molar-refractivity contribution in [3.63, 3.8) is 0 Å². The Hall–Kier alpha value is -4.94. The third-order valence-corrected chi connectivity index (χ3v) is 9.64. The molecule has 2 N–H and O–H groups in total. The SMILES string of the molecule is Cc1cc(C(=O)NC2CCC(n3c(=O)c4cc(F)cnc4n(-c4cccc(-c5ccc(CN6CCNCC6)cc5)c4)c3=O)CC2)nn1C. The second-order valence-electron chi connectivity index (χ2n) is 12.9. The summed E-state index contributed by atoms with van der Waals surface area (Å²) in [5.74, 6) is -0.898. The van der Waals surface area contributed by atoms with Crippen LogP contribution in [0.1, 0.15) is 53.5 Å². The molecule has 0 bridgehead atoms. The third-order valence-electron chi connectivity index (χ3n) is 9.64. The number of carbonyl (C=O) groups excluding carboxylic acids is 1. The molecule has 1 saturated heterocycles. The largest absolute Gasteiger partial charge is 0.348 e. The Bertz CT molecular complexity index is 2070. The van der Waals surface area contributed by atoms with E-state index in [1.807, 2.05) is 25.1 Å². The molecule has 5 aromatic rings. The molecule has 12 heteroatoms. The van der Waals surface area contributed by atoms with Crippen molar-refractivity contribution in [2.24, 2.45) is 7.05 Å². The van der Waals surface area contributed by atoms with Crippen LogP contribution in [-0.2, 0) is 13.6 Å². The zero-order chi connectivity index (χ0) is 33.4. The van der Waals surface area contributed by atoms with Gasteiger partial charge in [0.1, 0.15) is 11.5 Å². The highest BCUT2D eigenvalue weighted by Gasteiger charge is 2.28. The molecule has 248 valence electrons. The molecule has 48 heavy (non-hydrogen) atoms. The van der Waals surface area contributed by atoms with Crippen LogP contribution in [0.5, 0.6) is 0 Å². The molecule has 1 saturated carbocycles. The summed E-state index contributed by atoms with van der Waals surface area (Å²) >= 11 is 0. The lowest BCUT2D eigenvalue weighted by atomic mass is 9.90. The van der Waals surface area contributed by atoms with Crippen molar-refractivity contribution in [2.75, 3.05) is 26.2 Å². The van der Waals surface area contributed by atoms with Crippen LogP contribution in [0.25, 0.3) is 27.8 Å². The molecule has 1 aliphatic heterocycles. The molecule has 1 aliphatic carbocycles. The Morgan fingerprint density at radius 2 is 1.73 bits per heavy atom. The Kier molecular flexibility index (Phi) is 8.76. The van der Waals surface area contributed by atoms with Crippen LogP contribution in [0.4, 0.5) is 4.39 Å². The van der Waals surface area contributed by atoms with E-state index in [4.69, 9.17) is 0 Å². The first-order valence-electron chi connectivity index (χ1n) is 16.5. The molecule has 2 aromatic carbocycles. The lowest BCUT2D eigenvalue weighted by Gasteiger charge is -2.30. The van der Waals surface area contributed by atoms with Crippen molar-refractivity contribution in [3.8, 4) is 16.8 Å². The Morgan fingerprint density at radius 3 is 2.44 bits per heavy atom. The summed E-state index contributed by atoms with van der Waals surface area (Å²) in [7, 11) is 1.79. The second-order valence-corrected chi connectivity index (χ2v) is 12.9. The van der Waals surface area contributed by atoms with Gasteiger partial charge in [-0.15, -0.1) is 0 Å². The average molecular weight is 651 g/mol. The third kappa shape index (κ3) is 6.33. The van der Waals surface area contributed by atoms with Crippen LogP contribution in [0.15, 0.2) is 76.4 Å². The molecule has 0 spiro atoms. The number of pyridine rings is 1. The molecular weight excluding hydrogens is 611 g/mol. The number of hydrogen-bond acceptors (Lipinski definition) is 7. The van der Waals surface area contributed by atoms with Gasteiger partial charge in [-0.3, -0.25) is 23.7 Å². The zero-order valence-electron chi connectivity index (χ0n) is 27.2. The van der Waals surface area contributed by atoms with Gasteiger partial charge < -0.3 is 10.6 Å². The fraction of sp³-hybridized carbons (Fsp3) is 0.361. The van der Waals surface area contributed by atoms with Gasteiger partial charge in [-0.2, -0.15) is 5.10 Å². The molecule has 3 aromatic heterocycles. The summed E-state index contributed by atoms with van der Waals surface area (Å²) < 4.78 is 18.8. The number of benzene rings is 2. The monoisotopic (exact) mass is 650 g/mol. The summed E-state index contributed by atoms with van der Waals surface area (Å²) in [6.45, 7) is 6.82. The number of aromatic nitrogens is 5. The topological polar surface area (TPSA) is 119 Å². The van der Waals surface area contributed by atoms with E-state index in [1.165, 1.54) is 14.7 Å². The molecular formula is C36H39FN8O3. The smallest absolute Gasteiger partial charge is 0.337 e. The fourth-order valence-electron chi connectivity index (χ4n) is 6.90. The molecule has 0 unspecified atom stereocenters. The molecule has 2 fully saturated rings. The van der Waals surface area contributed by atoms with Gasteiger partial charge in [0.2, 0.25) is 0 Å². The van der Waals surface area contributed by atoms with Crippen LogP contribution in [0.3, 0.4) is 0 Å². The van der Waals surface area contributed by atoms with Crippen molar-refractivity contribution >= 4 is 16.9 Å². The zero-order valence-corrected chi connectivity index (χ0v) is 27.2. The first kappa shape index (κ1) is 31.6. The maximum Gasteiger partial charge on any atom is 0.337 e. The molecule has 1 amide bonds. The number of amides is 1. The minimum absolute atomic E-state index is 0.0400. The normalized spacial score (nSPS) is 18.6. The Balaban J connectivity index is 1.17. The molecule has 2 aliphatic rings. The second kappa shape index (κ2) is 13.3. The highest BCUT2D eigenvalue weighted by molar-refractivity contribution is 5.92. The van der Waals surface area contributed by atoms with Crippen molar-refractivity contribution in [3.05, 3.63) is 110 Å². The number of fused-ring (bicyclic) bond motifs is 1. The number of nitrogens with zero attached hydrogens (tertiary/aromatic N) is 6. The van der Waals surface area contributed by atoms with Crippen molar-refractivity contribution < 1.29 is 9.18 Å². The molecule has 4 heterocycles. The number of halogens is 1. The van der Waals surface area contributed by atoms with Crippen LogP contribution in [0.2, 0.25) is 0 Å². The van der Waals surface area contributed by atoms with Crippen molar-refractivity contribution in [2.45, 2.75) is 51.2 Å². The summed E-state index contributed by atoms with van der Waals surface area (Å²) in [4.78, 5) is 47.5. The maximum absolute atomic E-state index is 14.5. The predicted octanol–water partition coefficient (Wildman–Crippen LogP) is 3.71. The van der Waals surface area contributed by atoms with Crippen LogP contribution in [-0.4, -0.2) is 66.9 Å². The average Bonchev–Trinajstić information content (AvgIpc) is 3.44. The number of rotatable bonds is 7. The lowest BCUT2D eigenvalue weighted by molar-refractivity contribution is 0.0916. The standard InChI is InChI=1S/C36H39FN8O3/c1-23-18-32(41-42(23)2)34(46)40-28-10-12-29(13-11-28)45-35(47)31-20-27(37)21-39-33(31)44(36(45)48)30-5-3-4-26(19-30)25-8-6-24(7-9-25)22-43-16-14-38-15-17-43/h3-9,18-21,28-29,38H,10-17,22H2,1-2H3,(H,40,46). The Morgan fingerprint density at radius 1 is 0.979 bits per heavy atom. The van der Waals surface area contributed by atoms with E-state index in [2.05, 4.69) is 49.9 Å². The van der Waals surface area contributed by atoms with Gasteiger partial charge in [-0.25, -0.2) is 18.7 Å². The van der Waals surface area contributed by atoms with Crippen molar-refractivity contribution in [1.29, 1.82) is 0 Å². The van der Waals surface area contributed by atoms with Gasteiger partial charge in [0.15, 0.2) is 5.65 Å². The van der Waals surface area contributed by atoms with Crippen LogP contribution >= 0.6 is 0 Å². The molecule has 11 nitrogen and oxygen atoms in total. The van der Waals surface area contributed by atoms with E-state index in [0.29, 0.717) is 37.1 Å². The van der Waals surface area contributed by atoms with E-state index in [-0.39, 0.29) is 23.0 Å². The summed E-state index contributed by atoms with van der Waals surface area (Å²) in [5, 5.41) is 10.7. The quantitative estimate of drug-likeness (QED) is 0.276. The van der Waals surface area contributed by atoms with Gasteiger partial charge >= 0.3 is 5.69 Å². The van der Waals surface area contributed by atoms with E-state index in [1.54, 1.807) is 23.9 Å². The van der Waals surface area contributed by atoms with E-state index < -0.39 is 23.1 Å². The molecule has 0 radical (unpaired) electrons. The molecule has 7 rings (SSSR count). The first-order valence-corrected chi connectivity index (χ1v) is 16.5. The van der Waals surface area contributed by atoms with Gasteiger partial charge in [0.25, 0.3) is 11.5 Å². The van der Waals surface area contributed by atoms with Crippen LogP contribution < -0.4 is 21.9 Å². The Labute approximate surface area is 277 Å². The summed E-state index contributed by atoms with van der Waals surface area (Å²) in [6, 6.07) is 18.3. The predicted molar refractivity (Wildman–Crippen MR) is 182 cm³/mol. The van der Waals surface area contributed by atoms with Gasteiger partial charge in [0.05, 0.1) is 17.3 Å². The number of piperazine rings is 1. The van der Waals surface area contributed by atoms with Gasteiger partial charge in [0, 0.05) is 57.5 Å². The lowest BCUT2D eigenvalue weighted by Crippen LogP contribution is -2.45. The summed E-state index contributed by atoms with van der Waals surface area (Å²) in [6.07, 6.45) is 3.17. The highest BCUT2D eigenvalue weighted by Crippen LogP contribution is 2.28. The van der Waals surface area contributed by atoms with Crippen LogP contribution in [0, 0.1) is 12.7 Å². The van der Waals surface area contributed by atoms with Gasteiger partial charge in [-0.05, 0) is 73.6 Å². The minimum atomic E-state index is -0.651. The maximum atomic E-state index is 14.5. The van der Waals surface area contributed by atoms with E-state index in [0.717, 1.165) is 61.8 Å². The van der Waals surface area contributed by atoms with Gasteiger partial charge in [-0.1, -0.05) is 36.4 Å². The van der Waals surface area contributed by atoms with E-state index in [9.17, 15) is 18.8 Å². The number of hydrogen-bond donors (Lipinski definition) is 2. The highest BCUT2D eigenvalue weighted by atomic mass is 19.1. The summed E-state index contributed by atoms with van der Waals surface area (Å²) in [5.41, 5.74) is 3.92. The van der Waals surface area contributed by atoms with Crippen molar-refractivity contribution in [1.82, 2.24) is 39.4 Å². The molecule has 0 atom stereocenters. The first-order chi connectivity index (χ1) is 23.2. The fourth-order valence-corrected chi connectivity index (χ4v) is 6.90. The number of nitrogens with one attached hydrogen (secondary N) is 2. The number of aryl methyl sites for hydroxylation is 2.